The molecule has 1 rings (SSSR count). The van der Waals surface area contributed by atoms with E-state index in [0.717, 1.165) is 19.3 Å². The summed E-state index contributed by atoms with van der Waals surface area (Å²) in [5, 5.41) is 14.1. The molecule has 0 aliphatic rings. The number of benzene rings is 1. The zero-order valence-electron chi connectivity index (χ0n) is 12.7. The number of nitrogens with one attached hydrogen (secondary N) is 2. The van der Waals surface area contributed by atoms with E-state index in [1.165, 1.54) is 18.2 Å². The van der Waals surface area contributed by atoms with Crippen molar-refractivity contribution < 1.29 is 22.7 Å². The van der Waals surface area contributed by atoms with Gasteiger partial charge in [-0.25, -0.2) is 4.79 Å². The predicted molar refractivity (Wildman–Crippen MR) is 79.3 cm³/mol. The van der Waals surface area contributed by atoms with E-state index >= 15 is 0 Å². The van der Waals surface area contributed by atoms with E-state index in [1.807, 2.05) is 6.92 Å². The lowest BCUT2D eigenvalue weighted by Crippen LogP contribution is -2.29. The van der Waals surface area contributed by atoms with E-state index < -0.39 is 18.8 Å². The molecule has 0 fully saturated rings. The Hall–Kier alpha value is -2.43. The lowest BCUT2D eigenvalue weighted by molar-refractivity contribution is -0.153. The number of hydrogen-bond donors (Lipinski definition) is 2. The summed E-state index contributed by atoms with van der Waals surface area (Å²) in [5.41, 5.74) is 0.215. The first-order valence-electron chi connectivity index (χ1n) is 7.14. The average molecular weight is 329 g/mol. The van der Waals surface area contributed by atoms with Gasteiger partial charge in [0.15, 0.2) is 6.61 Å². The Bertz CT molecular complexity index is 568. The van der Waals surface area contributed by atoms with Crippen LogP contribution in [0.2, 0.25) is 0 Å². The average Bonchev–Trinajstić information content (AvgIpc) is 2.49. The van der Waals surface area contributed by atoms with Gasteiger partial charge in [-0.15, -0.1) is 0 Å². The lowest BCUT2D eigenvalue weighted by atomic mass is 10.2. The molecule has 0 saturated heterocycles. The normalized spacial score (nSPS) is 10.7. The van der Waals surface area contributed by atoms with Crippen LogP contribution in [0.25, 0.3) is 0 Å². The molecule has 0 spiro atoms. The minimum atomic E-state index is -4.48. The zero-order chi connectivity index (χ0) is 17.3. The fraction of sp³-hybridized carbons (Fsp3) is 0.467. The number of alkyl halides is 3. The first-order valence-corrected chi connectivity index (χ1v) is 7.14. The maximum absolute atomic E-state index is 12.1. The maximum atomic E-state index is 12.1. The van der Waals surface area contributed by atoms with Crippen LogP contribution < -0.4 is 15.4 Å². The lowest BCUT2D eigenvalue weighted by Gasteiger charge is -2.12. The van der Waals surface area contributed by atoms with Crippen molar-refractivity contribution in [3.63, 3.8) is 0 Å². The molecule has 1 aromatic carbocycles. The number of nitriles is 1. The van der Waals surface area contributed by atoms with Crippen LogP contribution in [0.3, 0.4) is 0 Å². The number of amides is 2. The number of unbranched alkanes of at least 4 members (excludes halogenated alkanes) is 2. The van der Waals surface area contributed by atoms with E-state index in [-0.39, 0.29) is 11.3 Å². The van der Waals surface area contributed by atoms with Crippen molar-refractivity contribution in [1.29, 1.82) is 5.26 Å². The highest BCUT2D eigenvalue weighted by Crippen LogP contribution is 2.24. The summed E-state index contributed by atoms with van der Waals surface area (Å²) >= 11 is 0. The SMILES string of the molecule is CCCCCNC(=O)Nc1ccc(OCC(F)(F)F)c(C#N)c1. The van der Waals surface area contributed by atoms with E-state index in [9.17, 15) is 18.0 Å². The van der Waals surface area contributed by atoms with Crippen molar-refractivity contribution in [2.24, 2.45) is 0 Å². The fourth-order valence-electron chi connectivity index (χ4n) is 1.73. The fourth-order valence-corrected chi connectivity index (χ4v) is 1.73. The highest BCUT2D eigenvalue weighted by Gasteiger charge is 2.28. The number of carbonyl (C=O) groups excluding carboxylic acids is 1. The van der Waals surface area contributed by atoms with Crippen LogP contribution in [0.5, 0.6) is 5.75 Å². The standard InChI is InChI=1S/C15H18F3N3O2/c1-2-3-4-7-20-14(22)21-12-5-6-13(11(8-12)9-19)23-10-15(16,17)18/h5-6,8H,2-4,7,10H2,1H3,(H2,20,21,22). The quantitative estimate of drug-likeness (QED) is 0.747. The number of urea groups is 1. The number of carbonyl (C=O) groups is 1. The van der Waals surface area contributed by atoms with Gasteiger partial charge < -0.3 is 15.4 Å². The summed E-state index contributed by atoms with van der Waals surface area (Å²) in [6.07, 6.45) is -1.59. The number of halogens is 3. The molecule has 8 heteroatoms. The smallest absolute Gasteiger partial charge is 0.422 e. The molecule has 5 nitrogen and oxygen atoms in total. The monoisotopic (exact) mass is 329 g/mol. The van der Waals surface area contributed by atoms with Gasteiger partial charge in [0.2, 0.25) is 0 Å². The summed E-state index contributed by atoms with van der Waals surface area (Å²) in [6, 6.07) is 5.16. The summed E-state index contributed by atoms with van der Waals surface area (Å²) in [6.45, 7) is 1.09. The molecule has 23 heavy (non-hydrogen) atoms. The van der Waals surface area contributed by atoms with E-state index in [2.05, 4.69) is 15.4 Å². The number of nitrogens with zero attached hydrogens (tertiary/aromatic N) is 1. The minimum Gasteiger partial charge on any atom is -0.483 e. The third-order valence-electron chi connectivity index (χ3n) is 2.82. The summed E-state index contributed by atoms with van der Waals surface area (Å²) in [4.78, 5) is 11.6. The maximum Gasteiger partial charge on any atom is 0.422 e. The van der Waals surface area contributed by atoms with Gasteiger partial charge >= 0.3 is 12.2 Å². The molecule has 0 bridgehead atoms. The number of hydrogen-bond acceptors (Lipinski definition) is 3. The van der Waals surface area contributed by atoms with Gasteiger partial charge in [-0.05, 0) is 24.6 Å². The van der Waals surface area contributed by atoms with Crippen molar-refractivity contribution in [3.05, 3.63) is 23.8 Å². The Balaban J connectivity index is 2.61. The molecular weight excluding hydrogens is 311 g/mol. The molecule has 1 aromatic rings. The molecule has 0 aliphatic heterocycles. The zero-order valence-corrected chi connectivity index (χ0v) is 12.7. The molecule has 0 heterocycles. The second-order valence-corrected chi connectivity index (χ2v) is 4.81. The van der Waals surface area contributed by atoms with Crippen molar-refractivity contribution in [1.82, 2.24) is 5.32 Å². The Kier molecular flexibility index (Phi) is 7.19. The Labute approximate surface area is 132 Å². The van der Waals surface area contributed by atoms with Crippen LogP contribution in [0.15, 0.2) is 18.2 Å². The first-order chi connectivity index (χ1) is 10.9. The third kappa shape index (κ3) is 7.40. The van der Waals surface area contributed by atoms with Gasteiger partial charge in [-0.3, -0.25) is 0 Å². The van der Waals surface area contributed by atoms with Crippen molar-refractivity contribution in [2.75, 3.05) is 18.5 Å². The highest BCUT2D eigenvalue weighted by atomic mass is 19.4. The summed E-state index contributed by atoms with van der Waals surface area (Å²) in [5.74, 6) is -0.182. The van der Waals surface area contributed by atoms with Crippen LogP contribution in [-0.2, 0) is 0 Å². The summed E-state index contributed by atoms with van der Waals surface area (Å²) in [7, 11) is 0. The molecule has 0 unspecified atom stereocenters. The van der Waals surface area contributed by atoms with Gasteiger partial charge in [-0.1, -0.05) is 19.8 Å². The van der Waals surface area contributed by atoms with Gasteiger partial charge in [0.25, 0.3) is 0 Å². The van der Waals surface area contributed by atoms with Crippen LogP contribution in [0, 0.1) is 11.3 Å². The van der Waals surface area contributed by atoms with Gasteiger partial charge in [0.05, 0.1) is 5.56 Å². The highest BCUT2D eigenvalue weighted by molar-refractivity contribution is 5.89. The first kappa shape index (κ1) is 18.6. The van der Waals surface area contributed by atoms with E-state index in [4.69, 9.17) is 5.26 Å². The Morgan fingerprint density at radius 1 is 1.35 bits per heavy atom. The predicted octanol–water partition coefficient (Wildman–Crippen LogP) is 3.81. The molecule has 0 saturated carbocycles. The number of rotatable bonds is 7. The molecule has 126 valence electrons. The second kappa shape index (κ2) is 8.88. The largest absolute Gasteiger partial charge is 0.483 e. The van der Waals surface area contributed by atoms with Crippen LogP contribution in [0.1, 0.15) is 31.7 Å². The van der Waals surface area contributed by atoms with Crippen LogP contribution in [-0.4, -0.2) is 25.4 Å². The molecule has 2 amide bonds. The van der Waals surface area contributed by atoms with E-state index in [0.29, 0.717) is 12.2 Å². The van der Waals surface area contributed by atoms with Crippen molar-refractivity contribution >= 4 is 11.7 Å². The summed E-state index contributed by atoms with van der Waals surface area (Å²) < 4.78 is 41.0. The molecule has 0 aliphatic carbocycles. The Morgan fingerprint density at radius 2 is 2.09 bits per heavy atom. The van der Waals surface area contributed by atoms with Crippen LogP contribution in [0.4, 0.5) is 23.7 Å². The molecule has 2 N–H and O–H groups in total. The number of anilines is 1. The van der Waals surface area contributed by atoms with Gasteiger partial charge in [-0.2, -0.15) is 18.4 Å². The molecular formula is C15H18F3N3O2. The molecule has 0 atom stereocenters. The van der Waals surface area contributed by atoms with Crippen molar-refractivity contribution in [3.8, 4) is 11.8 Å². The molecule has 0 aromatic heterocycles. The molecule has 0 radical (unpaired) electrons. The number of ether oxygens (including phenoxy) is 1. The minimum absolute atomic E-state index is 0.0852. The van der Waals surface area contributed by atoms with Gasteiger partial charge in [0.1, 0.15) is 11.8 Å². The van der Waals surface area contributed by atoms with Crippen molar-refractivity contribution in [2.45, 2.75) is 32.4 Å². The van der Waals surface area contributed by atoms with Gasteiger partial charge in [0, 0.05) is 12.2 Å². The van der Waals surface area contributed by atoms with Crippen LogP contribution >= 0.6 is 0 Å². The third-order valence-corrected chi connectivity index (χ3v) is 2.82. The Morgan fingerprint density at radius 3 is 2.70 bits per heavy atom. The van der Waals surface area contributed by atoms with E-state index in [1.54, 1.807) is 6.07 Å². The second-order valence-electron chi connectivity index (χ2n) is 4.81. The topological polar surface area (TPSA) is 74.2 Å².